The van der Waals surface area contributed by atoms with Crippen LogP contribution in [0, 0.1) is 6.92 Å². The van der Waals surface area contributed by atoms with Gasteiger partial charge in [0.1, 0.15) is 0 Å². The number of aromatic amines is 1. The first kappa shape index (κ1) is 16.7. The molecule has 1 aromatic heterocycles. The van der Waals surface area contributed by atoms with Crippen LogP contribution < -0.4 is 0 Å². The number of rotatable bonds is 6. The molecule has 0 bridgehead atoms. The number of amides is 1. The largest absolute Gasteiger partial charge is 0.340 e. The Labute approximate surface area is 143 Å². The van der Waals surface area contributed by atoms with E-state index in [1.165, 1.54) is 16.7 Å². The first-order valence-corrected chi connectivity index (χ1v) is 8.74. The van der Waals surface area contributed by atoms with Gasteiger partial charge >= 0.3 is 0 Å². The number of aryl methyl sites for hydroxylation is 2. The molecular formula is C19H26N4O. The molecule has 128 valence electrons. The standard InChI is InChI=1S/C19H26N4O/c1-16-5-2-3-7-18(16)15-22-9-11-23(12-10-22)19(24)8-4-6-17-13-20-21-14-17/h2-3,5,7,13-14H,4,6,8-12,15H2,1H3,(H,20,21). The van der Waals surface area contributed by atoms with Crippen LogP contribution in [-0.2, 0) is 17.8 Å². The third kappa shape index (κ3) is 4.45. The maximum Gasteiger partial charge on any atom is 0.222 e. The lowest BCUT2D eigenvalue weighted by atomic mass is 10.1. The van der Waals surface area contributed by atoms with Crippen LogP contribution in [0.2, 0.25) is 0 Å². The second kappa shape index (κ2) is 8.11. The van der Waals surface area contributed by atoms with Crippen molar-refractivity contribution in [1.82, 2.24) is 20.0 Å². The van der Waals surface area contributed by atoms with Crippen molar-refractivity contribution in [3.05, 3.63) is 53.3 Å². The van der Waals surface area contributed by atoms with Gasteiger partial charge in [-0.3, -0.25) is 14.8 Å². The summed E-state index contributed by atoms with van der Waals surface area (Å²) < 4.78 is 0. The Hall–Kier alpha value is -2.14. The molecule has 0 spiro atoms. The van der Waals surface area contributed by atoms with Crippen molar-refractivity contribution in [2.75, 3.05) is 26.2 Å². The highest BCUT2D eigenvalue weighted by Crippen LogP contribution is 2.13. The zero-order valence-corrected chi connectivity index (χ0v) is 14.4. The van der Waals surface area contributed by atoms with Gasteiger partial charge in [-0.2, -0.15) is 5.10 Å². The molecule has 0 atom stereocenters. The van der Waals surface area contributed by atoms with E-state index in [1.807, 2.05) is 17.3 Å². The molecule has 1 fully saturated rings. The lowest BCUT2D eigenvalue weighted by Gasteiger charge is -2.35. The summed E-state index contributed by atoms with van der Waals surface area (Å²) in [6.07, 6.45) is 6.16. The number of nitrogens with one attached hydrogen (secondary N) is 1. The highest BCUT2D eigenvalue weighted by molar-refractivity contribution is 5.76. The fourth-order valence-electron chi connectivity index (χ4n) is 3.20. The average molecular weight is 326 g/mol. The molecule has 1 N–H and O–H groups in total. The Morgan fingerprint density at radius 1 is 1.21 bits per heavy atom. The summed E-state index contributed by atoms with van der Waals surface area (Å²) in [5.41, 5.74) is 3.90. The van der Waals surface area contributed by atoms with E-state index in [1.54, 1.807) is 0 Å². The zero-order chi connectivity index (χ0) is 16.8. The van der Waals surface area contributed by atoms with Crippen molar-refractivity contribution in [3.8, 4) is 0 Å². The van der Waals surface area contributed by atoms with Crippen LogP contribution >= 0.6 is 0 Å². The predicted molar refractivity (Wildman–Crippen MR) is 94.6 cm³/mol. The second-order valence-corrected chi connectivity index (χ2v) is 6.54. The molecule has 0 unspecified atom stereocenters. The Morgan fingerprint density at radius 2 is 2.00 bits per heavy atom. The third-order valence-corrected chi connectivity index (χ3v) is 4.79. The van der Waals surface area contributed by atoms with Gasteiger partial charge in [0.2, 0.25) is 5.91 Å². The number of piperazine rings is 1. The van der Waals surface area contributed by atoms with Gasteiger partial charge in [0.05, 0.1) is 6.20 Å². The Morgan fingerprint density at radius 3 is 2.71 bits per heavy atom. The monoisotopic (exact) mass is 326 g/mol. The molecule has 1 saturated heterocycles. The summed E-state index contributed by atoms with van der Waals surface area (Å²) >= 11 is 0. The summed E-state index contributed by atoms with van der Waals surface area (Å²) in [5.74, 6) is 0.286. The van der Waals surface area contributed by atoms with E-state index in [2.05, 4.69) is 46.3 Å². The number of benzene rings is 1. The predicted octanol–water partition coefficient (Wildman–Crippen LogP) is 2.39. The van der Waals surface area contributed by atoms with E-state index in [4.69, 9.17) is 0 Å². The number of hydrogen-bond acceptors (Lipinski definition) is 3. The maximum atomic E-state index is 12.3. The van der Waals surface area contributed by atoms with E-state index in [-0.39, 0.29) is 5.91 Å². The molecule has 0 saturated carbocycles. The van der Waals surface area contributed by atoms with Crippen molar-refractivity contribution in [2.24, 2.45) is 0 Å². The molecule has 0 radical (unpaired) electrons. The molecule has 24 heavy (non-hydrogen) atoms. The van der Waals surface area contributed by atoms with Crippen LogP contribution in [0.5, 0.6) is 0 Å². The molecular weight excluding hydrogens is 300 g/mol. The minimum absolute atomic E-state index is 0.286. The number of nitrogens with zero attached hydrogens (tertiary/aromatic N) is 3. The summed E-state index contributed by atoms with van der Waals surface area (Å²) in [5, 5.41) is 6.74. The van der Waals surface area contributed by atoms with E-state index in [0.29, 0.717) is 6.42 Å². The summed E-state index contributed by atoms with van der Waals surface area (Å²) in [4.78, 5) is 16.8. The van der Waals surface area contributed by atoms with E-state index in [9.17, 15) is 4.79 Å². The van der Waals surface area contributed by atoms with E-state index < -0.39 is 0 Å². The molecule has 1 aliphatic rings. The topological polar surface area (TPSA) is 52.2 Å². The molecule has 1 amide bonds. The number of carbonyl (C=O) groups is 1. The summed E-state index contributed by atoms with van der Waals surface area (Å²) in [6.45, 7) is 6.75. The summed E-state index contributed by atoms with van der Waals surface area (Å²) in [7, 11) is 0. The fourth-order valence-corrected chi connectivity index (χ4v) is 3.20. The molecule has 1 aliphatic heterocycles. The number of aromatic nitrogens is 2. The SMILES string of the molecule is Cc1ccccc1CN1CCN(C(=O)CCCc2cn[nH]c2)CC1. The van der Waals surface area contributed by atoms with Crippen LogP contribution in [0.15, 0.2) is 36.7 Å². The molecule has 5 heteroatoms. The van der Waals surface area contributed by atoms with Crippen LogP contribution in [0.4, 0.5) is 0 Å². The van der Waals surface area contributed by atoms with Crippen molar-refractivity contribution in [3.63, 3.8) is 0 Å². The van der Waals surface area contributed by atoms with Crippen molar-refractivity contribution in [1.29, 1.82) is 0 Å². The van der Waals surface area contributed by atoms with Gasteiger partial charge in [0.25, 0.3) is 0 Å². The Kier molecular flexibility index (Phi) is 5.64. The smallest absolute Gasteiger partial charge is 0.222 e. The van der Waals surface area contributed by atoms with Crippen LogP contribution in [0.25, 0.3) is 0 Å². The van der Waals surface area contributed by atoms with E-state index >= 15 is 0 Å². The van der Waals surface area contributed by atoms with Crippen molar-refractivity contribution in [2.45, 2.75) is 32.7 Å². The van der Waals surface area contributed by atoms with Crippen molar-refractivity contribution < 1.29 is 4.79 Å². The fraction of sp³-hybridized carbons (Fsp3) is 0.474. The van der Waals surface area contributed by atoms with Crippen LogP contribution in [0.3, 0.4) is 0 Å². The van der Waals surface area contributed by atoms with Gasteiger partial charge < -0.3 is 4.90 Å². The lowest BCUT2D eigenvalue weighted by Crippen LogP contribution is -2.48. The highest BCUT2D eigenvalue weighted by atomic mass is 16.2. The first-order valence-electron chi connectivity index (χ1n) is 8.74. The van der Waals surface area contributed by atoms with Crippen LogP contribution in [0.1, 0.15) is 29.5 Å². The molecule has 5 nitrogen and oxygen atoms in total. The Balaban J connectivity index is 1.39. The third-order valence-electron chi connectivity index (χ3n) is 4.79. The minimum Gasteiger partial charge on any atom is -0.340 e. The number of H-pyrrole nitrogens is 1. The van der Waals surface area contributed by atoms with Gasteiger partial charge in [-0.15, -0.1) is 0 Å². The van der Waals surface area contributed by atoms with Gasteiger partial charge in [-0.1, -0.05) is 24.3 Å². The minimum atomic E-state index is 0.286. The summed E-state index contributed by atoms with van der Waals surface area (Å²) in [6, 6.07) is 8.54. The van der Waals surface area contributed by atoms with Crippen molar-refractivity contribution >= 4 is 5.91 Å². The van der Waals surface area contributed by atoms with Gasteiger partial charge in [0.15, 0.2) is 0 Å². The highest BCUT2D eigenvalue weighted by Gasteiger charge is 2.21. The van der Waals surface area contributed by atoms with Gasteiger partial charge in [0, 0.05) is 45.3 Å². The zero-order valence-electron chi connectivity index (χ0n) is 14.4. The number of carbonyl (C=O) groups excluding carboxylic acids is 1. The molecule has 0 aliphatic carbocycles. The quantitative estimate of drug-likeness (QED) is 0.887. The van der Waals surface area contributed by atoms with E-state index in [0.717, 1.165) is 45.6 Å². The molecule has 3 rings (SSSR count). The first-order chi connectivity index (χ1) is 11.7. The maximum absolute atomic E-state index is 12.3. The lowest BCUT2D eigenvalue weighted by molar-refractivity contribution is -0.133. The number of hydrogen-bond donors (Lipinski definition) is 1. The van der Waals surface area contributed by atoms with Crippen LogP contribution in [-0.4, -0.2) is 52.1 Å². The van der Waals surface area contributed by atoms with Gasteiger partial charge in [-0.05, 0) is 36.5 Å². The molecule has 2 heterocycles. The van der Waals surface area contributed by atoms with Gasteiger partial charge in [-0.25, -0.2) is 0 Å². The Bertz CT molecular complexity index is 645. The average Bonchev–Trinajstić information content (AvgIpc) is 3.11. The molecule has 2 aromatic rings. The second-order valence-electron chi connectivity index (χ2n) is 6.54. The molecule has 1 aromatic carbocycles. The normalized spacial score (nSPS) is 15.6.